The average molecular weight is 396 g/mol. The standard InChI is InChI=1S/C22H25N3O2S/c1-15-12-16(4-7-19(15)27-3)20-8-11-25(14-22-23-9-10-24-22)18-6-5-17(26-2)13-21(18)28-20/h4-7,9-10,12-13,20H,8,11,14H2,1-3H3,(H,23,24)/t20-/m0/s1. The third-order valence-corrected chi connectivity index (χ3v) is 6.50. The monoisotopic (exact) mass is 395 g/mol. The first-order valence-corrected chi connectivity index (χ1v) is 10.3. The maximum absolute atomic E-state index is 5.49. The highest BCUT2D eigenvalue weighted by molar-refractivity contribution is 7.99. The van der Waals surface area contributed by atoms with E-state index in [4.69, 9.17) is 9.47 Å². The van der Waals surface area contributed by atoms with Gasteiger partial charge in [-0.05, 0) is 48.7 Å². The lowest BCUT2D eigenvalue weighted by Gasteiger charge is -2.23. The molecule has 1 atom stereocenters. The van der Waals surface area contributed by atoms with Crippen molar-refractivity contribution >= 4 is 17.4 Å². The first-order valence-electron chi connectivity index (χ1n) is 9.40. The van der Waals surface area contributed by atoms with Gasteiger partial charge < -0.3 is 19.4 Å². The molecule has 0 saturated heterocycles. The van der Waals surface area contributed by atoms with Crippen LogP contribution in [0.15, 0.2) is 53.7 Å². The number of benzene rings is 2. The van der Waals surface area contributed by atoms with Crippen molar-refractivity contribution in [1.29, 1.82) is 0 Å². The molecule has 1 aliphatic heterocycles. The number of imidazole rings is 1. The molecular weight excluding hydrogens is 370 g/mol. The molecule has 0 unspecified atom stereocenters. The van der Waals surface area contributed by atoms with Crippen LogP contribution in [-0.4, -0.2) is 30.7 Å². The number of hydrogen-bond donors (Lipinski definition) is 1. The number of aromatic amines is 1. The quantitative estimate of drug-likeness (QED) is 0.660. The van der Waals surface area contributed by atoms with Crippen molar-refractivity contribution in [2.75, 3.05) is 25.7 Å². The number of aryl methyl sites for hydroxylation is 1. The van der Waals surface area contributed by atoms with E-state index in [1.54, 1.807) is 20.4 Å². The second-order valence-corrected chi connectivity index (χ2v) is 8.16. The molecule has 146 valence electrons. The van der Waals surface area contributed by atoms with E-state index in [-0.39, 0.29) is 0 Å². The van der Waals surface area contributed by atoms with Gasteiger partial charge in [-0.2, -0.15) is 0 Å². The highest BCUT2D eigenvalue weighted by atomic mass is 32.2. The molecule has 6 heteroatoms. The van der Waals surface area contributed by atoms with Crippen LogP contribution in [0.25, 0.3) is 0 Å². The molecule has 1 aliphatic rings. The molecule has 0 saturated carbocycles. The van der Waals surface area contributed by atoms with Crippen LogP contribution < -0.4 is 14.4 Å². The lowest BCUT2D eigenvalue weighted by Crippen LogP contribution is -2.24. The zero-order valence-electron chi connectivity index (χ0n) is 16.4. The third kappa shape index (κ3) is 3.83. The second-order valence-electron chi connectivity index (χ2n) is 6.92. The first kappa shape index (κ1) is 18.7. The minimum atomic E-state index is 0.372. The van der Waals surface area contributed by atoms with Crippen molar-refractivity contribution in [2.45, 2.75) is 30.0 Å². The Morgan fingerprint density at radius 1 is 1.18 bits per heavy atom. The third-order valence-electron chi connectivity index (χ3n) is 5.12. The van der Waals surface area contributed by atoms with Crippen LogP contribution in [0.2, 0.25) is 0 Å². The van der Waals surface area contributed by atoms with Crippen molar-refractivity contribution in [3.8, 4) is 11.5 Å². The summed E-state index contributed by atoms with van der Waals surface area (Å²) < 4.78 is 10.9. The number of anilines is 1. The van der Waals surface area contributed by atoms with E-state index >= 15 is 0 Å². The Labute approximate surface area is 170 Å². The van der Waals surface area contributed by atoms with Crippen LogP contribution in [0.5, 0.6) is 11.5 Å². The van der Waals surface area contributed by atoms with E-state index in [0.29, 0.717) is 5.25 Å². The summed E-state index contributed by atoms with van der Waals surface area (Å²) in [6.45, 7) is 3.83. The number of rotatable bonds is 5. The van der Waals surface area contributed by atoms with Crippen LogP contribution in [0, 0.1) is 6.92 Å². The van der Waals surface area contributed by atoms with E-state index in [1.165, 1.54) is 21.7 Å². The lowest BCUT2D eigenvalue weighted by molar-refractivity contribution is 0.411. The predicted octanol–water partition coefficient (Wildman–Crippen LogP) is 4.98. The molecule has 0 amide bonds. The largest absolute Gasteiger partial charge is 0.497 e. The van der Waals surface area contributed by atoms with Gasteiger partial charge in [0, 0.05) is 29.1 Å². The summed E-state index contributed by atoms with van der Waals surface area (Å²) in [6.07, 6.45) is 4.73. The van der Waals surface area contributed by atoms with Crippen molar-refractivity contribution in [3.05, 3.63) is 65.7 Å². The molecule has 1 N–H and O–H groups in total. The van der Waals surface area contributed by atoms with Crippen LogP contribution in [0.4, 0.5) is 5.69 Å². The average Bonchev–Trinajstić information content (AvgIpc) is 3.16. The van der Waals surface area contributed by atoms with Gasteiger partial charge in [0.2, 0.25) is 0 Å². The fourth-order valence-corrected chi connectivity index (χ4v) is 4.96. The van der Waals surface area contributed by atoms with Crippen molar-refractivity contribution in [3.63, 3.8) is 0 Å². The van der Waals surface area contributed by atoms with Crippen LogP contribution in [0.3, 0.4) is 0 Å². The number of aromatic nitrogens is 2. The fraction of sp³-hybridized carbons (Fsp3) is 0.318. The number of ether oxygens (including phenoxy) is 2. The number of nitrogens with one attached hydrogen (secondary N) is 1. The molecule has 0 fully saturated rings. The fourth-order valence-electron chi connectivity index (χ4n) is 3.65. The molecule has 0 spiro atoms. The van der Waals surface area contributed by atoms with E-state index < -0.39 is 0 Å². The Morgan fingerprint density at radius 2 is 2.07 bits per heavy atom. The number of nitrogens with zero attached hydrogens (tertiary/aromatic N) is 2. The summed E-state index contributed by atoms with van der Waals surface area (Å²) in [5.41, 5.74) is 3.73. The first-order chi connectivity index (χ1) is 13.7. The van der Waals surface area contributed by atoms with Gasteiger partial charge in [0.1, 0.15) is 17.3 Å². The summed E-state index contributed by atoms with van der Waals surface area (Å²) in [4.78, 5) is 11.3. The molecule has 0 bridgehead atoms. The number of methoxy groups -OCH3 is 2. The SMILES string of the molecule is COc1ccc2c(c1)S[C@H](c1ccc(OC)c(C)c1)CCN2Cc1ncc[nH]1. The van der Waals surface area contributed by atoms with Crippen molar-refractivity contribution in [1.82, 2.24) is 9.97 Å². The normalized spacial score (nSPS) is 16.4. The minimum absolute atomic E-state index is 0.372. The van der Waals surface area contributed by atoms with Crippen LogP contribution in [-0.2, 0) is 6.54 Å². The summed E-state index contributed by atoms with van der Waals surface area (Å²) in [5.74, 6) is 2.80. The summed E-state index contributed by atoms with van der Waals surface area (Å²) in [6, 6.07) is 12.8. The molecule has 1 aromatic heterocycles. The summed E-state index contributed by atoms with van der Waals surface area (Å²) in [7, 11) is 3.44. The summed E-state index contributed by atoms with van der Waals surface area (Å²) in [5, 5.41) is 0.372. The van der Waals surface area contributed by atoms with Gasteiger partial charge in [-0.1, -0.05) is 12.1 Å². The van der Waals surface area contributed by atoms with Gasteiger partial charge in [-0.15, -0.1) is 11.8 Å². The smallest absolute Gasteiger partial charge is 0.125 e. The Morgan fingerprint density at radius 3 is 2.79 bits per heavy atom. The zero-order chi connectivity index (χ0) is 19.5. The maximum Gasteiger partial charge on any atom is 0.125 e. The predicted molar refractivity (Wildman–Crippen MR) is 114 cm³/mol. The van der Waals surface area contributed by atoms with Crippen molar-refractivity contribution in [2.24, 2.45) is 0 Å². The van der Waals surface area contributed by atoms with Gasteiger partial charge >= 0.3 is 0 Å². The lowest BCUT2D eigenvalue weighted by atomic mass is 10.1. The molecule has 2 heterocycles. The number of hydrogen-bond acceptors (Lipinski definition) is 5. The van der Waals surface area contributed by atoms with Gasteiger partial charge in [-0.25, -0.2) is 4.98 Å². The Kier molecular flexibility index (Phi) is 5.48. The second kappa shape index (κ2) is 8.19. The Balaban J connectivity index is 1.67. The molecule has 4 rings (SSSR count). The van der Waals surface area contributed by atoms with E-state index in [0.717, 1.165) is 36.8 Å². The van der Waals surface area contributed by atoms with Gasteiger partial charge in [0.05, 0.1) is 26.5 Å². The molecule has 28 heavy (non-hydrogen) atoms. The number of fused-ring (bicyclic) bond motifs is 1. The number of thioether (sulfide) groups is 1. The number of H-pyrrole nitrogens is 1. The molecule has 2 aromatic carbocycles. The maximum atomic E-state index is 5.49. The Hall–Kier alpha value is -2.60. The van der Waals surface area contributed by atoms with Gasteiger partial charge in [0.15, 0.2) is 0 Å². The highest BCUT2D eigenvalue weighted by Crippen LogP contribution is 2.47. The van der Waals surface area contributed by atoms with Gasteiger partial charge in [-0.3, -0.25) is 0 Å². The molecule has 3 aromatic rings. The molecular formula is C22H25N3O2S. The van der Waals surface area contributed by atoms with E-state index in [2.05, 4.69) is 52.1 Å². The summed E-state index contributed by atoms with van der Waals surface area (Å²) >= 11 is 1.91. The molecule has 0 radical (unpaired) electrons. The van der Waals surface area contributed by atoms with Crippen LogP contribution >= 0.6 is 11.8 Å². The minimum Gasteiger partial charge on any atom is -0.497 e. The van der Waals surface area contributed by atoms with Crippen LogP contribution in [0.1, 0.15) is 28.6 Å². The van der Waals surface area contributed by atoms with E-state index in [1.807, 2.05) is 24.0 Å². The van der Waals surface area contributed by atoms with Gasteiger partial charge in [0.25, 0.3) is 0 Å². The molecule has 5 nitrogen and oxygen atoms in total. The topological polar surface area (TPSA) is 50.4 Å². The van der Waals surface area contributed by atoms with E-state index in [9.17, 15) is 0 Å². The highest BCUT2D eigenvalue weighted by Gasteiger charge is 2.25. The Bertz CT molecular complexity index is 943. The van der Waals surface area contributed by atoms with Crippen molar-refractivity contribution < 1.29 is 9.47 Å². The zero-order valence-corrected chi connectivity index (χ0v) is 17.3. The molecule has 0 aliphatic carbocycles.